The van der Waals surface area contributed by atoms with E-state index >= 15 is 0 Å². The summed E-state index contributed by atoms with van der Waals surface area (Å²) in [6.45, 7) is 6.20. The van der Waals surface area contributed by atoms with Gasteiger partial charge in [-0.25, -0.2) is 0 Å². The maximum atomic E-state index is 13.3. The summed E-state index contributed by atoms with van der Waals surface area (Å²) in [6, 6.07) is 10.8. The summed E-state index contributed by atoms with van der Waals surface area (Å²) < 4.78 is 7.77. The Morgan fingerprint density at radius 3 is 2.77 bits per heavy atom. The van der Waals surface area contributed by atoms with Gasteiger partial charge in [0.15, 0.2) is 0 Å². The van der Waals surface area contributed by atoms with Crippen molar-refractivity contribution in [3.63, 3.8) is 0 Å². The van der Waals surface area contributed by atoms with Gasteiger partial charge in [-0.3, -0.25) is 9.48 Å². The fourth-order valence-corrected chi connectivity index (χ4v) is 4.21. The lowest BCUT2D eigenvalue weighted by molar-refractivity contribution is 0.0523. The van der Waals surface area contributed by atoms with Gasteiger partial charge >= 0.3 is 0 Å². The third kappa shape index (κ3) is 5.84. The number of hydrogen-bond acceptors (Lipinski definition) is 4. The number of nitrogens with zero attached hydrogens (tertiary/aromatic N) is 3. The Bertz CT molecular complexity index is 796. The number of carbonyl (C=O) groups excluding carboxylic acids is 1. The Morgan fingerprint density at radius 2 is 2.07 bits per heavy atom. The van der Waals surface area contributed by atoms with Crippen LogP contribution in [0.4, 0.5) is 0 Å². The number of nitrogens with one attached hydrogen (secondary N) is 1. The third-order valence-electron chi connectivity index (χ3n) is 6.00. The average Bonchev–Trinajstić information content (AvgIpc) is 3.45. The molecule has 1 aromatic carbocycles. The maximum absolute atomic E-state index is 13.3. The van der Waals surface area contributed by atoms with Crippen LogP contribution < -0.4 is 5.32 Å². The molecule has 2 aliphatic rings. The first-order chi connectivity index (χ1) is 14.2. The smallest absolute Gasteiger partial charge is 0.274 e. The quantitative estimate of drug-likeness (QED) is 0.728. The van der Waals surface area contributed by atoms with Crippen LogP contribution in [0.1, 0.15) is 53.3 Å². The van der Waals surface area contributed by atoms with Crippen LogP contribution in [0, 0.1) is 6.92 Å². The van der Waals surface area contributed by atoms with E-state index in [1.807, 2.05) is 21.8 Å². The minimum Gasteiger partial charge on any atom is -0.376 e. The predicted molar refractivity (Wildman–Crippen MR) is 120 cm³/mol. The zero-order chi connectivity index (χ0) is 20.1. The first kappa shape index (κ1) is 22.8. The molecule has 1 aromatic heterocycles. The van der Waals surface area contributed by atoms with E-state index in [0.29, 0.717) is 24.8 Å². The highest BCUT2D eigenvalue weighted by Gasteiger charge is 2.25. The van der Waals surface area contributed by atoms with E-state index in [9.17, 15) is 4.79 Å². The summed E-state index contributed by atoms with van der Waals surface area (Å²) in [6.07, 6.45) is 7.29. The van der Waals surface area contributed by atoms with Crippen molar-refractivity contribution in [1.29, 1.82) is 0 Å². The van der Waals surface area contributed by atoms with Crippen LogP contribution in [0.15, 0.2) is 36.5 Å². The molecular weight excluding hydrogens is 400 g/mol. The lowest BCUT2D eigenvalue weighted by Crippen LogP contribution is -2.39. The molecule has 1 amide bonds. The van der Waals surface area contributed by atoms with Gasteiger partial charge in [0, 0.05) is 32.4 Å². The number of rotatable bonds is 7. The first-order valence-corrected chi connectivity index (χ1v) is 10.9. The van der Waals surface area contributed by atoms with Crippen molar-refractivity contribution in [3.05, 3.63) is 53.3 Å². The zero-order valence-electron chi connectivity index (χ0n) is 17.8. The van der Waals surface area contributed by atoms with E-state index in [2.05, 4.69) is 41.6 Å². The number of carbonyl (C=O) groups is 1. The Morgan fingerprint density at radius 1 is 1.23 bits per heavy atom. The van der Waals surface area contributed by atoms with Crippen LogP contribution in [-0.2, 0) is 11.2 Å². The van der Waals surface area contributed by atoms with Crippen molar-refractivity contribution < 1.29 is 9.53 Å². The minimum atomic E-state index is 0. The largest absolute Gasteiger partial charge is 0.376 e. The summed E-state index contributed by atoms with van der Waals surface area (Å²) in [5.74, 6) is 0.00938. The van der Waals surface area contributed by atoms with Gasteiger partial charge in [-0.15, -0.1) is 12.4 Å². The number of aromatic nitrogens is 2. The van der Waals surface area contributed by atoms with Crippen molar-refractivity contribution in [3.8, 4) is 0 Å². The fraction of sp³-hybridized carbons (Fsp3) is 0.565. The second kappa shape index (κ2) is 10.9. The number of benzene rings is 1. The summed E-state index contributed by atoms with van der Waals surface area (Å²) >= 11 is 0. The van der Waals surface area contributed by atoms with Crippen LogP contribution in [0.25, 0.3) is 0 Å². The van der Waals surface area contributed by atoms with Crippen LogP contribution in [-0.4, -0.2) is 59.5 Å². The Labute approximate surface area is 185 Å². The Kier molecular flexibility index (Phi) is 8.31. The minimum absolute atomic E-state index is 0. The van der Waals surface area contributed by atoms with Crippen molar-refractivity contribution in [2.75, 3.05) is 32.8 Å². The third-order valence-corrected chi connectivity index (χ3v) is 6.00. The predicted octanol–water partition coefficient (Wildman–Crippen LogP) is 3.40. The molecule has 164 valence electrons. The number of ether oxygens (including phenoxy) is 1. The molecule has 0 spiro atoms. The van der Waals surface area contributed by atoms with E-state index < -0.39 is 0 Å². The molecule has 0 bridgehead atoms. The van der Waals surface area contributed by atoms with Gasteiger partial charge in [-0.1, -0.05) is 29.8 Å². The molecule has 4 rings (SSSR count). The number of hydrogen-bond donors (Lipinski definition) is 1. The highest BCUT2D eigenvalue weighted by Crippen LogP contribution is 2.18. The number of aryl methyl sites for hydroxylation is 1. The molecule has 0 saturated carbocycles. The molecule has 2 saturated heterocycles. The molecule has 30 heavy (non-hydrogen) atoms. The normalized spacial score (nSPS) is 21.2. The highest BCUT2D eigenvalue weighted by atomic mass is 35.5. The number of halogens is 1. The van der Waals surface area contributed by atoms with Gasteiger partial charge in [-0.2, -0.15) is 5.10 Å². The fourth-order valence-electron chi connectivity index (χ4n) is 4.21. The second-order valence-corrected chi connectivity index (χ2v) is 8.30. The Hall–Kier alpha value is -1.89. The van der Waals surface area contributed by atoms with Crippen molar-refractivity contribution in [1.82, 2.24) is 20.0 Å². The lowest BCUT2D eigenvalue weighted by Gasteiger charge is -2.25. The van der Waals surface area contributed by atoms with Gasteiger partial charge in [0.05, 0.1) is 12.1 Å². The molecule has 2 aliphatic heterocycles. The van der Waals surface area contributed by atoms with Crippen molar-refractivity contribution in [2.45, 2.75) is 51.2 Å². The summed E-state index contributed by atoms with van der Waals surface area (Å²) in [4.78, 5) is 15.2. The highest BCUT2D eigenvalue weighted by molar-refractivity contribution is 5.92. The average molecular weight is 433 g/mol. The van der Waals surface area contributed by atoms with E-state index in [4.69, 9.17) is 4.74 Å². The molecule has 6 nitrogen and oxygen atoms in total. The molecule has 2 unspecified atom stereocenters. The first-order valence-electron chi connectivity index (χ1n) is 10.9. The van der Waals surface area contributed by atoms with Crippen LogP contribution >= 0.6 is 12.4 Å². The summed E-state index contributed by atoms with van der Waals surface area (Å²) in [5, 5.41) is 8.05. The molecule has 2 fully saturated rings. The molecular formula is C23H33ClN4O2. The number of amides is 1. The summed E-state index contributed by atoms with van der Waals surface area (Å²) in [5.41, 5.74) is 3.04. The van der Waals surface area contributed by atoms with E-state index in [1.165, 1.54) is 11.1 Å². The van der Waals surface area contributed by atoms with Crippen molar-refractivity contribution >= 4 is 18.3 Å². The molecule has 0 aliphatic carbocycles. The van der Waals surface area contributed by atoms with Gasteiger partial charge < -0.3 is 15.0 Å². The van der Waals surface area contributed by atoms with E-state index in [-0.39, 0.29) is 24.4 Å². The molecule has 2 aromatic rings. The molecule has 2 atom stereocenters. The maximum Gasteiger partial charge on any atom is 0.274 e. The molecule has 3 heterocycles. The zero-order valence-corrected chi connectivity index (χ0v) is 18.6. The Balaban J connectivity index is 0.00000256. The number of piperidine rings is 1. The van der Waals surface area contributed by atoms with Crippen LogP contribution in [0.2, 0.25) is 0 Å². The van der Waals surface area contributed by atoms with E-state index in [0.717, 1.165) is 51.8 Å². The van der Waals surface area contributed by atoms with Crippen LogP contribution in [0.3, 0.4) is 0 Å². The van der Waals surface area contributed by atoms with Gasteiger partial charge in [0.25, 0.3) is 5.91 Å². The SMILES string of the molecule is Cc1ccc(CCN(CC2CCCO2)C(=O)c2ccn(C3CCCNC3)n2)cc1.Cl. The second-order valence-electron chi connectivity index (χ2n) is 8.30. The lowest BCUT2D eigenvalue weighted by atomic mass is 10.1. The standard InChI is InChI=1S/C23H32N4O2.ClH/c1-18-6-8-19(9-7-18)10-13-26(17-21-5-3-15-29-21)23(28)22-11-14-27(25-22)20-4-2-12-24-16-20;/h6-9,11,14,20-21,24H,2-5,10,12-13,15-17H2,1H3;1H. The molecule has 0 radical (unpaired) electrons. The van der Waals surface area contributed by atoms with Crippen molar-refractivity contribution in [2.24, 2.45) is 0 Å². The van der Waals surface area contributed by atoms with E-state index in [1.54, 1.807) is 0 Å². The topological polar surface area (TPSA) is 59.4 Å². The van der Waals surface area contributed by atoms with Gasteiger partial charge in [-0.05, 0) is 57.2 Å². The molecule has 1 N–H and O–H groups in total. The molecule has 7 heteroatoms. The van der Waals surface area contributed by atoms with Gasteiger partial charge in [0.1, 0.15) is 5.69 Å². The summed E-state index contributed by atoms with van der Waals surface area (Å²) in [7, 11) is 0. The monoisotopic (exact) mass is 432 g/mol. The van der Waals surface area contributed by atoms with Crippen LogP contribution in [0.5, 0.6) is 0 Å². The van der Waals surface area contributed by atoms with Gasteiger partial charge in [0.2, 0.25) is 0 Å².